The molecule has 170 valence electrons. The summed E-state index contributed by atoms with van der Waals surface area (Å²) in [6.45, 7) is 9.01. The molecule has 0 aromatic heterocycles. The Morgan fingerprint density at radius 2 is 1.29 bits per heavy atom. The predicted octanol–water partition coefficient (Wildman–Crippen LogP) is 4.66. The molecule has 1 saturated heterocycles. The number of unbranched alkanes of at least 4 members (excludes halogenated alkanes) is 8. The lowest BCUT2D eigenvalue weighted by Gasteiger charge is -2.29. The van der Waals surface area contributed by atoms with Crippen LogP contribution in [0.1, 0.15) is 97.3 Å². The molecule has 1 heterocycles. The van der Waals surface area contributed by atoms with E-state index >= 15 is 0 Å². The molecule has 8 heteroatoms. The molecule has 1 N–H and O–H groups in total. The Kier molecular flexibility index (Phi) is 15.3. The molecule has 0 aromatic rings. The summed E-state index contributed by atoms with van der Waals surface area (Å²) in [5.41, 5.74) is -5.65. The van der Waals surface area contributed by atoms with Crippen molar-refractivity contribution in [3.05, 3.63) is 0 Å². The molecule has 0 amide bonds. The molecule has 0 aliphatic carbocycles. The molecule has 0 saturated carbocycles. The zero-order chi connectivity index (χ0) is 21.5. The molecule has 1 aliphatic rings. The number of likely N-dealkylation sites (tertiary alicyclic amines) is 1. The predicted molar refractivity (Wildman–Crippen MR) is 106 cm³/mol. The van der Waals surface area contributed by atoms with Gasteiger partial charge in [-0.1, -0.05) is 71.6 Å². The average Bonchev–Trinajstić information content (AvgIpc) is 2.61. The van der Waals surface area contributed by atoms with Crippen LogP contribution in [0.2, 0.25) is 0 Å². The quantitative estimate of drug-likeness (QED) is 0.278. The molecular weight excluding hydrogens is 391 g/mol. The monoisotopic (exact) mass is 431 g/mol. The third-order valence-electron chi connectivity index (χ3n) is 5.43. The Bertz CT molecular complexity index is 462. The zero-order valence-electron chi connectivity index (χ0n) is 17.7. The molecule has 0 unspecified atom stereocenters. The molecule has 0 atom stereocenters. The van der Waals surface area contributed by atoms with Crippen LogP contribution >= 0.6 is 0 Å². The minimum atomic E-state index is -6.09. The minimum Gasteiger partial charge on any atom is -0.741 e. The Morgan fingerprint density at radius 1 is 0.857 bits per heavy atom. The van der Waals surface area contributed by atoms with E-state index in [1.54, 1.807) is 0 Å². The highest BCUT2D eigenvalue weighted by Crippen LogP contribution is 2.20. The molecule has 0 bridgehead atoms. The van der Waals surface area contributed by atoms with Gasteiger partial charge in [0.15, 0.2) is 10.1 Å². The first kappa shape index (κ1) is 27.7. The summed E-state index contributed by atoms with van der Waals surface area (Å²) in [4.78, 5) is 1.90. The Balaban J connectivity index is 0.000000769. The highest BCUT2D eigenvalue weighted by Gasteiger charge is 2.36. The maximum atomic E-state index is 10.7. The fourth-order valence-electron chi connectivity index (χ4n) is 3.72. The summed E-state index contributed by atoms with van der Waals surface area (Å²) in [5.74, 6) is 1.06. The van der Waals surface area contributed by atoms with Crippen LogP contribution in [0, 0.1) is 5.92 Å². The lowest BCUT2D eigenvalue weighted by atomic mass is 9.92. The van der Waals surface area contributed by atoms with Crippen LogP contribution in [-0.2, 0) is 10.1 Å². The molecule has 0 aromatic carbocycles. The van der Waals surface area contributed by atoms with Gasteiger partial charge in [0.25, 0.3) is 0 Å². The van der Waals surface area contributed by atoms with E-state index in [1.165, 1.54) is 103 Å². The molecule has 1 rings (SSSR count). The summed E-state index contributed by atoms with van der Waals surface area (Å²) in [6, 6.07) is 0. The van der Waals surface area contributed by atoms with Gasteiger partial charge in [0.05, 0.1) is 19.6 Å². The summed E-state index contributed by atoms with van der Waals surface area (Å²) in [5, 5.41) is 0. The van der Waals surface area contributed by atoms with Crippen molar-refractivity contribution in [3.8, 4) is 0 Å². The largest absolute Gasteiger partial charge is 0.741 e. The molecule has 0 radical (unpaired) electrons. The normalized spacial score (nSPS) is 20.5. The number of rotatable bonds is 12. The van der Waals surface area contributed by atoms with Crippen LogP contribution < -0.4 is 4.90 Å². The van der Waals surface area contributed by atoms with Gasteiger partial charge in [0.1, 0.15) is 0 Å². The van der Waals surface area contributed by atoms with E-state index in [0.717, 1.165) is 5.92 Å². The van der Waals surface area contributed by atoms with Crippen molar-refractivity contribution < 1.29 is 31.0 Å². The molecule has 0 spiro atoms. The second-order valence-corrected chi connectivity index (χ2v) is 9.33. The summed E-state index contributed by atoms with van der Waals surface area (Å²) in [7, 11) is -6.09. The van der Waals surface area contributed by atoms with Gasteiger partial charge in [-0.2, -0.15) is 13.2 Å². The van der Waals surface area contributed by atoms with Crippen LogP contribution in [0.3, 0.4) is 0 Å². The second-order valence-electron chi connectivity index (χ2n) is 7.96. The Hall–Kier alpha value is -0.340. The number of hydrogen-bond donors (Lipinski definition) is 1. The third-order valence-corrected chi connectivity index (χ3v) is 5.99. The van der Waals surface area contributed by atoms with E-state index < -0.39 is 15.6 Å². The van der Waals surface area contributed by atoms with Crippen LogP contribution in [0.25, 0.3) is 0 Å². The van der Waals surface area contributed by atoms with E-state index in [2.05, 4.69) is 13.8 Å². The van der Waals surface area contributed by atoms with E-state index in [-0.39, 0.29) is 0 Å². The van der Waals surface area contributed by atoms with Gasteiger partial charge < -0.3 is 9.45 Å². The first-order chi connectivity index (χ1) is 13.1. The Labute approximate surface area is 170 Å². The fraction of sp³-hybridized carbons (Fsp3) is 1.00. The third kappa shape index (κ3) is 14.6. The van der Waals surface area contributed by atoms with E-state index in [9.17, 15) is 13.2 Å². The van der Waals surface area contributed by atoms with E-state index in [1.807, 2.05) is 4.90 Å². The number of piperidine rings is 1. The fourth-order valence-corrected chi connectivity index (χ4v) is 3.72. The van der Waals surface area contributed by atoms with Gasteiger partial charge in [-0.3, -0.25) is 0 Å². The summed E-state index contributed by atoms with van der Waals surface area (Å²) >= 11 is 0. The smallest absolute Gasteiger partial charge is 0.485 e. The first-order valence-electron chi connectivity index (χ1n) is 11.0. The molecule has 1 aliphatic heterocycles. The van der Waals surface area contributed by atoms with Gasteiger partial charge in [-0.15, -0.1) is 0 Å². The van der Waals surface area contributed by atoms with Gasteiger partial charge in [-0.05, 0) is 31.6 Å². The zero-order valence-corrected chi connectivity index (χ0v) is 18.5. The lowest BCUT2D eigenvalue weighted by molar-refractivity contribution is -0.906. The molecule has 4 nitrogen and oxygen atoms in total. The van der Waals surface area contributed by atoms with Crippen molar-refractivity contribution in [2.45, 2.75) is 103 Å². The molecular formula is C20H40F3NO3S. The van der Waals surface area contributed by atoms with Gasteiger partial charge in [0.2, 0.25) is 0 Å². The number of quaternary nitrogens is 1. The summed E-state index contributed by atoms with van der Waals surface area (Å²) in [6.07, 6.45) is 19.0. The van der Waals surface area contributed by atoms with Crippen molar-refractivity contribution in [2.24, 2.45) is 5.92 Å². The molecule has 28 heavy (non-hydrogen) atoms. The van der Waals surface area contributed by atoms with Crippen LogP contribution in [0.15, 0.2) is 0 Å². The maximum Gasteiger partial charge on any atom is 0.485 e. The van der Waals surface area contributed by atoms with E-state index in [0.29, 0.717) is 0 Å². The highest BCUT2D eigenvalue weighted by molar-refractivity contribution is 7.86. The van der Waals surface area contributed by atoms with Crippen LogP contribution in [-0.4, -0.2) is 38.1 Å². The highest BCUT2D eigenvalue weighted by atomic mass is 32.2. The minimum absolute atomic E-state index is 1.06. The van der Waals surface area contributed by atoms with Crippen molar-refractivity contribution in [1.29, 1.82) is 0 Å². The Morgan fingerprint density at radius 3 is 1.68 bits per heavy atom. The van der Waals surface area contributed by atoms with Gasteiger partial charge in [-0.25, -0.2) is 8.42 Å². The van der Waals surface area contributed by atoms with Crippen molar-refractivity contribution in [2.75, 3.05) is 19.6 Å². The van der Waals surface area contributed by atoms with Crippen LogP contribution in [0.5, 0.6) is 0 Å². The average molecular weight is 432 g/mol. The maximum absolute atomic E-state index is 10.7. The van der Waals surface area contributed by atoms with Crippen molar-refractivity contribution in [1.82, 2.24) is 0 Å². The number of alkyl halides is 3. The van der Waals surface area contributed by atoms with E-state index in [4.69, 9.17) is 13.0 Å². The first-order valence-corrected chi connectivity index (χ1v) is 12.4. The number of nitrogens with one attached hydrogen (secondary N) is 1. The van der Waals surface area contributed by atoms with Crippen LogP contribution in [0.4, 0.5) is 13.2 Å². The second kappa shape index (κ2) is 15.5. The topological polar surface area (TPSA) is 61.6 Å². The van der Waals surface area contributed by atoms with Crippen molar-refractivity contribution >= 4 is 10.1 Å². The SMILES string of the molecule is CCCCCCCCCCC[NH+]1CCC(CCC)CC1.O=S(=O)([O-])C(F)(F)F. The number of hydrogen-bond acceptors (Lipinski definition) is 3. The van der Waals surface area contributed by atoms with Gasteiger partial charge in [0, 0.05) is 0 Å². The summed E-state index contributed by atoms with van der Waals surface area (Å²) < 4.78 is 58.9. The molecule has 1 fully saturated rings. The van der Waals surface area contributed by atoms with Crippen molar-refractivity contribution in [3.63, 3.8) is 0 Å². The van der Waals surface area contributed by atoms with Gasteiger partial charge >= 0.3 is 5.51 Å². The lowest BCUT2D eigenvalue weighted by Crippen LogP contribution is -3.13. The standard InChI is InChI=1S/C19H39N.CHF3O3S/c1-3-5-6-7-8-9-10-11-12-16-20-17-14-19(13-4-2)15-18-20;2-1(3,4)8(5,6)7/h19H,3-18H2,1-2H3;(H,5,6,7). The number of halogens is 3.